The third kappa shape index (κ3) is 4.26. The lowest BCUT2D eigenvalue weighted by Crippen LogP contribution is -2.24. The maximum atomic E-state index is 14.7. The number of fused-ring (bicyclic) bond motifs is 2. The number of aromatic carboxylic acids is 1. The Morgan fingerprint density at radius 3 is 2.66 bits per heavy atom. The normalized spacial score (nSPS) is 24.3. The van der Waals surface area contributed by atoms with Crippen LogP contribution in [0.2, 0.25) is 0 Å². The summed E-state index contributed by atoms with van der Waals surface area (Å²) in [5, 5.41) is 19.7. The van der Waals surface area contributed by atoms with Crippen LogP contribution >= 0.6 is 0 Å². The van der Waals surface area contributed by atoms with E-state index < -0.39 is 41.0 Å². The number of carboxylic acids is 1. The number of aliphatic hydroxyl groups excluding tert-OH is 1. The molecule has 2 unspecified atom stereocenters. The number of carbonyl (C=O) groups is 1. The van der Waals surface area contributed by atoms with Gasteiger partial charge in [0, 0.05) is 17.9 Å². The average Bonchev–Trinajstić information content (AvgIpc) is 3.02. The van der Waals surface area contributed by atoms with E-state index in [1.54, 1.807) is 19.1 Å². The van der Waals surface area contributed by atoms with E-state index in [1.807, 2.05) is 6.08 Å². The third-order valence-corrected chi connectivity index (χ3v) is 6.76. The van der Waals surface area contributed by atoms with Crippen LogP contribution in [0.1, 0.15) is 53.6 Å². The van der Waals surface area contributed by atoms with Gasteiger partial charge < -0.3 is 14.9 Å². The van der Waals surface area contributed by atoms with E-state index >= 15 is 0 Å². The Kier molecular flexibility index (Phi) is 6.29. The highest BCUT2D eigenvalue weighted by atomic mass is 19.1. The van der Waals surface area contributed by atoms with Crippen LogP contribution in [-0.2, 0) is 6.42 Å². The second-order valence-electron chi connectivity index (χ2n) is 8.65. The molecule has 0 amide bonds. The predicted octanol–water partition coefficient (Wildman–Crippen LogP) is 5.24. The molecule has 32 heavy (non-hydrogen) atoms. The molecule has 7 heteroatoms. The van der Waals surface area contributed by atoms with Gasteiger partial charge in [-0.2, -0.15) is 0 Å². The first-order valence-corrected chi connectivity index (χ1v) is 10.8. The van der Waals surface area contributed by atoms with Crippen molar-refractivity contribution in [2.75, 3.05) is 0 Å². The lowest BCUT2D eigenvalue weighted by Gasteiger charge is -2.22. The van der Waals surface area contributed by atoms with E-state index in [1.165, 1.54) is 18.2 Å². The van der Waals surface area contributed by atoms with Crippen molar-refractivity contribution >= 4 is 5.97 Å². The second kappa shape index (κ2) is 8.98. The van der Waals surface area contributed by atoms with E-state index in [0.717, 1.165) is 18.9 Å². The van der Waals surface area contributed by atoms with Gasteiger partial charge in [-0.3, -0.25) is 0 Å². The molecule has 170 valence electrons. The van der Waals surface area contributed by atoms with Gasteiger partial charge in [0.25, 0.3) is 0 Å². The second-order valence-corrected chi connectivity index (χ2v) is 8.65. The van der Waals surface area contributed by atoms with E-state index in [4.69, 9.17) is 4.74 Å². The molecule has 2 aliphatic rings. The molecule has 4 rings (SSSR count). The number of carboxylic acid groups (broad SMARTS) is 1. The Morgan fingerprint density at radius 2 is 1.94 bits per heavy atom. The van der Waals surface area contributed by atoms with Gasteiger partial charge in [0.15, 0.2) is 11.6 Å². The van der Waals surface area contributed by atoms with Crippen molar-refractivity contribution in [1.29, 1.82) is 0 Å². The minimum absolute atomic E-state index is 0.0301. The highest BCUT2D eigenvalue weighted by Crippen LogP contribution is 2.43. The minimum atomic E-state index is -1.33. The average molecular weight is 446 g/mol. The van der Waals surface area contributed by atoms with Crippen LogP contribution in [0.3, 0.4) is 0 Å². The van der Waals surface area contributed by atoms with Crippen molar-refractivity contribution in [3.8, 4) is 5.75 Å². The van der Waals surface area contributed by atoms with Crippen LogP contribution in [0.4, 0.5) is 13.2 Å². The smallest absolute Gasteiger partial charge is 0.338 e. The summed E-state index contributed by atoms with van der Waals surface area (Å²) in [4.78, 5) is 11.2. The molecule has 2 N–H and O–H groups in total. The van der Waals surface area contributed by atoms with Crippen LogP contribution in [0, 0.1) is 29.3 Å². The summed E-state index contributed by atoms with van der Waals surface area (Å²) in [5.74, 6) is -3.86. The lowest BCUT2D eigenvalue weighted by atomic mass is 9.87. The predicted molar refractivity (Wildman–Crippen MR) is 112 cm³/mol. The van der Waals surface area contributed by atoms with Gasteiger partial charge in [-0.05, 0) is 54.9 Å². The summed E-state index contributed by atoms with van der Waals surface area (Å²) < 4.78 is 47.9. The van der Waals surface area contributed by atoms with Crippen LogP contribution in [0.5, 0.6) is 5.75 Å². The topological polar surface area (TPSA) is 66.8 Å². The standard InChI is InChI=1S/C25H25F3O4/c1-13(17-9-6-16(26)12-20(17)27)21(29)10-4-14-5-11-22-18(14)7-2-15-3-8-19(25(30)31)23(28)24(15)32-22/h3-4,6,8-10,12-14,18,21-22,29H,2,5,7,11H2,1H3,(H,30,31)/b10-4+/t13?,14-,18+,21?,22-/m0/s1. The van der Waals surface area contributed by atoms with Crippen molar-refractivity contribution in [3.05, 3.63) is 76.6 Å². The number of aliphatic hydroxyl groups is 1. The number of ether oxygens (including phenoxy) is 1. The quantitative estimate of drug-likeness (QED) is 0.617. The number of rotatable bonds is 5. The molecule has 0 aromatic heterocycles. The first kappa shape index (κ1) is 22.4. The molecule has 0 radical (unpaired) electrons. The summed E-state index contributed by atoms with van der Waals surface area (Å²) in [7, 11) is 0. The van der Waals surface area contributed by atoms with Gasteiger partial charge >= 0.3 is 5.97 Å². The van der Waals surface area contributed by atoms with Gasteiger partial charge in [-0.15, -0.1) is 0 Å². The van der Waals surface area contributed by atoms with Crippen LogP contribution in [0.15, 0.2) is 42.5 Å². The molecular formula is C25H25F3O4. The molecule has 5 atom stereocenters. The number of halogens is 3. The molecule has 0 spiro atoms. The fourth-order valence-corrected chi connectivity index (χ4v) is 4.88. The van der Waals surface area contributed by atoms with Crippen molar-refractivity contribution in [1.82, 2.24) is 0 Å². The number of hydrogen-bond donors (Lipinski definition) is 2. The summed E-state index contributed by atoms with van der Waals surface area (Å²) in [6.45, 7) is 1.68. The van der Waals surface area contributed by atoms with Gasteiger partial charge in [0.05, 0.1) is 11.7 Å². The molecule has 1 fully saturated rings. The number of aryl methyl sites for hydroxylation is 1. The maximum absolute atomic E-state index is 14.7. The fraction of sp³-hybridized carbons (Fsp3) is 0.400. The van der Waals surface area contributed by atoms with Crippen molar-refractivity contribution in [2.24, 2.45) is 11.8 Å². The molecule has 1 aliphatic carbocycles. The zero-order valence-corrected chi connectivity index (χ0v) is 17.6. The molecule has 4 nitrogen and oxygen atoms in total. The molecule has 2 aromatic rings. The Hall–Kier alpha value is -2.80. The highest BCUT2D eigenvalue weighted by Gasteiger charge is 2.39. The molecule has 1 heterocycles. The summed E-state index contributed by atoms with van der Waals surface area (Å²) >= 11 is 0. The highest BCUT2D eigenvalue weighted by molar-refractivity contribution is 5.88. The fourth-order valence-electron chi connectivity index (χ4n) is 4.88. The lowest BCUT2D eigenvalue weighted by molar-refractivity contribution is 0.0689. The number of benzene rings is 2. The summed E-state index contributed by atoms with van der Waals surface area (Å²) in [6, 6.07) is 6.19. The Bertz CT molecular complexity index is 1050. The summed E-state index contributed by atoms with van der Waals surface area (Å²) in [5.41, 5.74) is 0.498. The maximum Gasteiger partial charge on any atom is 0.338 e. The van der Waals surface area contributed by atoms with Gasteiger partial charge in [0.2, 0.25) is 0 Å². The van der Waals surface area contributed by atoms with E-state index in [-0.39, 0.29) is 29.3 Å². The van der Waals surface area contributed by atoms with E-state index in [9.17, 15) is 28.2 Å². The van der Waals surface area contributed by atoms with Crippen LogP contribution in [-0.4, -0.2) is 28.4 Å². The zero-order chi connectivity index (χ0) is 23.0. The molecule has 0 bridgehead atoms. The van der Waals surface area contributed by atoms with Crippen LogP contribution in [0.25, 0.3) is 0 Å². The van der Waals surface area contributed by atoms with E-state index in [0.29, 0.717) is 18.4 Å². The first-order chi connectivity index (χ1) is 15.3. The number of hydrogen-bond acceptors (Lipinski definition) is 3. The molecule has 1 aliphatic heterocycles. The SMILES string of the molecule is CC(c1ccc(F)cc1F)C(O)/C=C/[C@H]1CC[C@@H]2Oc3c(ccc(C(=O)O)c3F)CC[C@@H]21. The van der Waals surface area contributed by atoms with E-state index in [2.05, 4.69) is 0 Å². The molecule has 0 saturated heterocycles. The van der Waals surface area contributed by atoms with Crippen molar-refractivity contribution in [3.63, 3.8) is 0 Å². The largest absolute Gasteiger partial charge is 0.487 e. The minimum Gasteiger partial charge on any atom is -0.487 e. The third-order valence-electron chi connectivity index (χ3n) is 6.76. The Balaban J connectivity index is 1.47. The van der Waals surface area contributed by atoms with Gasteiger partial charge in [0.1, 0.15) is 17.7 Å². The monoisotopic (exact) mass is 446 g/mol. The van der Waals surface area contributed by atoms with Gasteiger partial charge in [-0.1, -0.05) is 31.2 Å². The first-order valence-electron chi connectivity index (χ1n) is 10.8. The number of allylic oxidation sites excluding steroid dienone is 1. The Morgan fingerprint density at radius 1 is 1.16 bits per heavy atom. The van der Waals surface area contributed by atoms with Crippen molar-refractivity contribution in [2.45, 2.75) is 50.7 Å². The molecular weight excluding hydrogens is 421 g/mol. The Labute approximate surface area is 184 Å². The van der Waals surface area contributed by atoms with Crippen LogP contribution < -0.4 is 4.74 Å². The molecule has 1 saturated carbocycles. The van der Waals surface area contributed by atoms with Crippen molar-refractivity contribution < 1.29 is 32.9 Å². The summed E-state index contributed by atoms with van der Waals surface area (Å²) in [6.07, 6.45) is 5.14. The zero-order valence-electron chi connectivity index (χ0n) is 17.6. The molecule has 2 aromatic carbocycles. The van der Waals surface area contributed by atoms with Gasteiger partial charge in [-0.25, -0.2) is 18.0 Å².